The lowest BCUT2D eigenvalue weighted by molar-refractivity contribution is -0.148. The Kier molecular flexibility index (Phi) is 1.76. The van der Waals surface area contributed by atoms with Crippen molar-refractivity contribution in [1.82, 2.24) is 0 Å². The Morgan fingerprint density at radius 1 is 1.20 bits per heavy atom. The molecule has 1 aromatic rings. The normalized spacial score (nSPS) is 27.3. The Hall–Kier alpha value is -1.18. The lowest BCUT2D eigenvalue weighted by Gasteiger charge is -2.54. The third kappa shape index (κ3) is 1.11. The highest BCUT2D eigenvalue weighted by Crippen LogP contribution is 2.61. The zero-order valence-electron chi connectivity index (χ0n) is 8.50. The molecule has 2 aliphatic carbocycles. The van der Waals surface area contributed by atoms with Crippen LogP contribution in [0.15, 0.2) is 24.3 Å². The van der Waals surface area contributed by atoms with E-state index in [4.69, 9.17) is 0 Å². The Labute approximate surface area is 88.3 Å². The molecule has 0 heterocycles. The fourth-order valence-electron chi connectivity index (χ4n) is 2.96. The Balaban J connectivity index is 1.90. The maximum atomic E-state index is 12.8. The molecule has 0 amide bonds. The van der Waals surface area contributed by atoms with Crippen LogP contribution in [0, 0.1) is 11.2 Å². The molecule has 1 atom stereocenters. The number of ketones is 1. The molecule has 2 saturated carbocycles. The van der Waals surface area contributed by atoms with Crippen molar-refractivity contribution >= 4 is 5.78 Å². The van der Waals surface area contributed by atoms with Crippen LogP contribution in [0.1, 0.15) is 37.2 Å². The number of hydrogen-bond acceptors (Lipinski definition) is 1. The van der Waals surface area contributed by atoms with E-state index in [2.05, 4.69) is 0 Å². The van der Waals surface area contributed by atoms with Gasteiger partial charge in [-0.3, -0.25) is 4.79 Å². The smallest absolute Gasteiger partial charge is 0.140 e. The molecule has 1 aromatic carbocycles. The summed E-state index contributed by atoms with van der Waals surface area (Å²) in [4.78, 5) is 11.6. The number of carbonyl (C=O) groups is 1. The highest BCUT2D eigenvalue weighted by atomic mass is 19.1. The molecule has 0 radical (unpaired) electrons. The first kappa shape index (κ1) is 9.08. The molecular formula is C13H13FO. The molecule has 2 aliphatic rings. The Bertz CT molecular complexity index is 403. The number of carbonyl (C=O) groups excluding carboxylic acids is 1. The van der Waals surface area contributed by atoms with Crippen LogP contribution >= 0.6 is 0 Å². The second kappa shape index (κ2) is 2.91. The molecule has 1 unspecified atom stereocenters. The summed E-state index contributed by atoms with van der Waals surface area (Å²) < 4.78 is 12.8. The zero-order chi connectivity index (χ0) is 10.5. The van der Waals surface area contributed by atoms with Crippen molar-refractivity contribution in [2.24, 2.45) is 5.41 Å². The van der Waals surface area contributed by atoms with Gasteiger partial charge in [0, 0.05) is 17.8 Å². The highest BCUT2D eigenvalue weighted by Gasteiger charge is 2.58. The van der Waals surface area contributed by atoms with Crippen LogP contribution in [-0.2, 0) is 4.79 Å². The summed E-state index contributed by atoms with van der Waals surface area (Å²) >= 11 is 0. The Morgan fingerprint density at radius 3 is 2.33 bits per heavy atom. The van der Waals surface area contributed by atoms with Crippen LogP contribution in [0.4, 0.5) is 4.39 Å². The molecule has 15 heavy (non-hydrogen) atoms. The lowest BCUT2D eigenvalue weighted by Crippen LogP contribution is -2.52. The SMILES string of the molecule is O=C1CC(c2ccc(F)cc2)C12CCC2. The summed E-state index contributed by atoms with van der Waals surface area (Å²) in [6.45, 7) is 0. The van der Waals surface area contributed by atoms with Crippen LogP contribution in [0.2, 0.25) is 0 Å². The summed E-state index contributed by atoms with van der Waals surface area (Å²) in [6.07, 6.45) is 3.90. The van der Waals surface area contributed by atoms with E-state index in [9.17, 15) is 9.18 Å². The number of benzene rings is 1. The molecule has 1 spiro atoms. The lowest BCUT2D eigenvalue weighted by atomic mass is 9.47. The van der Waals surface area contributed by atoms with Crippen LogP contribution in [0.5, 0.6) is 0 Å². The van der Waals surface area contributed by atoms with Crippen molar-refractivity contribution in [2.75, 3.05) is 0 Å². The first-order chi connectivity index (χ1) is 7.22. The zero-order valence-corrected chi connectivity index (χ0v) is 8.50. The van der Waals surface area contributed by atoms with E-state index in [-0.39, 0.29) is 11.2 Å². The molecule has 0 aliphatic heterocycles. The second-order valence-corrected chi connectivity index (χ2v) is 4.74. The summed E-state index contributed by atoms with van der Waals surface area (Å²) in [5.41, 5.74) is 1.09. The van der Waals surface area contributed by atoms with E-state index in [1.54, 1.807) is 0 Å². The van der Waals surface area contributed by atoms with Crippen LogP contribution in [0.25, 0.3) is 0 Å². The van der Waals surface area contributed by atoms with Crippen molar-refractivity contribution in [1.29, 1.82) is 0 Å². The average molecular weight is 204 g/mol. The quantitative estimate of drug-likeness (QED) is 0.687. The summed E-state index contributed by atoms with van der Waals surface area (Å²) in [5, 5.41) is 0. The fraction of sp³-hybridized carbons (Fsp3) is 0.462. The average Bonchev–Trinajstić information content (AvgIpc) is 2.13. The molecule has 0 N–H and O–H groups in total. The molecule has 0 saturated heterocycles. The molecule has 2 fully saturated rings. The van der Waals surface area contributed by atoms with Crippen molar-refractivity contribution in [2.45, 2.75) is 31.6 Å². The summed E-state index contributed by atoms with van der Waals surface area (Å²) in [5.74, 6) is 0.578. The third-order valence-electron chi connectivity index (χ3n) is 4.13. The van der Waals surface area contributed by atoms with Gasteiger partial charge in [0.25, 0.3) is 0 Å². The second-order valence-electron chi connectivity index (χ2n) is 4.74. The van der Waals surface area contributed by atoms with Crippen molar-refractivity contribution in [3.63, 3.8) is 0 Å². The van der Waals surface area contributed by atoms with Gasteiger partial charge in [-0.15, -0.1) is 0 Å². The topological polar surface area (TPSA) is 17.1 Å². The fourth-order valence-corrected chi connectivity index (χ4v) is 2.96. The first-order valence-electron chi connectivity index (χ1n) is 5.51. The molecule has 78 valence electrons. The van der Waals surface area contributed by atoms with Gasteiger partial charge in [0.05, 0.1) is 0 Å². The minimum absolute atomic E-state index is 0.0438. The van der Waals surface area contributed by atoms with Gasteiger partial charge < -0.3 is 0 Å². The largest absolute Gasteiger partial charge is 0.299 e. The van der Waals surface area contributed by atoms with Gasteiger partial charge in [-0.25, -0.2) is 4.39 Å². The van der Waals surface area contributed by atoms with Gasteiger partial charge in [-0.1, -0.05) is 18.6 Å². The van der Waals surface area contributed by atoms with E-state index in [1.807, 2.05) is 12.1 Å². The monoisotopic (exact) mass is 204 g/mol. The number of Topliss-reactive ketones (excluding diaryl/α,β-unsaturated/α-hetero) is 1. The number of halogens is 1. The van der Waals surface area contributed by atoms with Crippen molar-refractivity contribution < 1.29 is 9.18 Å². The molecule has 1 nitrogen and oxygen atoms in total. The van der Waals surface area contributed by atoms with Gasteiger partial charge >= 0.3 is 0 Å². The molecule has 0 bridgehead atoms. The molecular weight excluding hydrogens is 191 g/mol. The summed E-state index contributed by atoms with van der Waals surface area (Å²) in [7, 11) is 0. The number of hydrogen-bond donors (Lipinski definition) is 0. The van der Waals surface area contributed by atoms with Crippen LogP contribution in [-0.4, -0.2) is 5.78 Å². The minimum atomic E-state index is -0.202. The van der Waals surface area contributed by atoms with Crippen molar-refractivity contribution in [3.05, 3.63) is 35.6 Å². The van der Waals surface area contributed by atoms with Crippen LogP contribution in [0.3, 0.4) is 0 Å². The minimum Gasteiger partial charge on any atom is -0.299 e. The van der Waals surface area contributed by atoms with Crippen LogP contribution < -0.4 is 0 Å². The van der Waals surface area contributed by atoms with Gasteiger partial charge in [-0.2, -0.15) is 0 Å². The predicted molar refractivity (Wildman–Crippen MR) is 55.0 cm³/mol. The highest BCUT2D eigenvalue weighted by molar-refractivity contribution is 5.94. The maximum Gasteiger partial charge on any atom is 0.140 e. The molecule has 0 aromatic heterocycles. The third-order valence-corrected chi connectivity index (χ3v) is 4.13. The summed E-state index contributed by atoms with van der Waals surface area (Å²) in [6, 6.07) is 6.63. The standard InChI is InChI=1S/C13H13FO/c14-10-4-2-9(3-5-10)11-8-12(15)13(11)6-1-7-13/h2-5,11H,1,6-8H2. The predicted octanol–water partition coefficient (Wildman–Crippen LogP) is 3.05. The van der Waals surface area contributed by atoms with Gasteiger partial charge in [0.1, 0.15) is 11.6 Å². The number of rotatable bonds is 1. The van der Waals surface area contributed by atoms with E-state index in [0.717, 1.165) is 18.4 Å². The molecule has 3 rings (SSSR count). The van der Waals surface area contributed by atoms with E-state index in [0.29, 0.717) is 18.1 Å². The first-order valence-corrected chi connectivity index (χ1v) is 5.51. The Morgan fingerprint density at radius 2 is 1.87 bits per heavy atom. The maximum absolute atomic E-state index is 12.8. The molecule has 2 heteroatoms. The van der Waals surface area contributed by atoms with Crippen molar-refractivity contribution in [3.8, 4) is 0 Å². The van der Waals surface area contributed by atoms with Gasteiger partial charge in [0.15, 0.2) is 0 Å². The van der Waals surface area contributed by atoms with Gasteiger partial charge in [-0.05, 0) is 30.5 Å². The van der Waals surface area contributed by atoms with E-state index in [1.165, 1.54) is 18.6 Å². The van der Waals surface area contributed by atoms with E-state index < -0.39 is 0 Å². The van der Waals surface area contributed by atoms with E-state index >= 15 is 0 Å². The van der Waals surface area contributed by atoms with Gasteiger partial charge in [0.2, 0.25) is 0 Å².